The maximum atomic E-state index is 13.7. The van der Waals surface area contributed by atoms with Gasteiger partial charge >= 0.3 is 0 Å². The van der Waals surface area contributed by atoms with Crippen molar-refractivity contribution in [3.63, 3.8) is 0 Å². The number of hydrazone groups is 1. The summed E-state index contributed by atoms with van der Waals surface area (Å²) in [6, 6.07) is 10.5. The molecular weight excluding hydrogens is 314 g/mol. The van der Waals surface area contributed by atoms with Crippen LogP contribution in [0.25, 0.3) is 11.0 Å². The van der Waals surface area contributed by atoms with Crippen LogP contribution < -0.4 is 5.43 Å². The van der Waals surface area contributed by atoms with Gasteiger partial charge in [-0.15, -0.1) is 0 Å². The fraction of sp³-hybridized carbons (Fsp3) is 0.118. The summed E-state index contributed by atoms with van der Waals surface area (Å²) in [6.07, 6.45) is 1.56. The minimum atomic E-state index is -0.604. The highest BCUT2D eigenvalue weighted by Crippen LogP contribution is 2.12. The molecule has 0 unspecified atom stereocenters. The van der Waals surface area contributed by atoms with Crippen LogP contribution in [0.1, 0.15) is 12.5 Å². The van der Waals surface area contributed by atoms with Gasteiger partial charge in [0.1, 0.15) is 18.2 Å². The monoisotopic (exact) mass is 328 g/mol. The second-order valence-electron chi connectivity index (χ2n) is 5.22. The highest BCUT2D eigenvalue weighted by molar-refractivity contribution is 5.99. The predicted octanol–water partition coefficient (Wildman–Crippen LogP) is 2.85. The standard InChI is InChI=1S/C17H14F2N4O/c1-11(13-8-12(18)6-7-14(13)19)21-22-17(24)9-23-10-20-15-4-2-3-5-16(15)23/h2-8,10H,9H2,1H3,(H,22,24)/b21-11-. The fourth-order valence-electron chi connectivity index (χ4n) is 2.31. The van der Waals surface area contributed by atoms with Crippen molar-refractivity contribution >= 4 is 22.7 Å². The number of halogens is 2. The molecule has 2 aromatic carbocycles. The summed E-state index contributed by atoms with van der Waals surface area (Å²) in [5.41, 5.74) is 4.13. The van der Waals surface area contributed by atoms with Crippen LogP contribution in [0.3, 0.4) is 0 Å². The highest BCUT2D eigenvalue weighted by atomic mass is 19.1. The van der Waals surface area contributed by atoms with Gasteiger partial charge in [-0.25, -0.2) is 19.2 Å². The Labute approximate surface area is 136 Å². The number of nitrogens with one attached hydrogen (secondary N) is 1. The van der Waals surface area contributed by atoms with Crippen molar-refractivity contribution in [2.75, 3.05) is 0 Å². The summed E-state index contributed by atoms with van der Waals surface area (Å²) in [6.45, 7) is 1.51. The lowest BCUT2D eigenvalue weighted by atomic mass is 10.1. The van der Waals surface area contributed by atoms with Crippen molar-refractivity contribution in [1.82, 2.24) is 15.0 Å². The van der Waals surface area contributed by atoms with Gasteiger partial charge in [0.05, 0.1) is 23.1 Å². The Kier molecular flexibility index (Phi) is 4.33. The van der Waals surface area contributed by atoms with Crippen LogP contribution in [0.15, 0.2) is 53.9 Å². The summed E-state index contributed by atoms with van der Waals surface area (Å²) >= 11 is 0. The van der Waals surface area contributed by atoms with E-state index in [4.69, 9.17) is 0 Å². The van der Waals surface area contributed by atoms with Crippen molar-refractivity contribution in [2.24, 2.45) is 5.10 Å². The van der Waals surface area contributed by atoms with Crippen molar-refractivity contribution in [1.29, 1.82) is 0 Å². The zero-order valence-corrected chi connectivity index (χ0v) is 12.8. The maximum Gasteiger partial charge on any atom is 0.260 e. The minimum Gasteiger partial charge on any atom is -0.321 e. The van der Waals surface area contributed by atoms with Gasteiger partial charge in [-0.2, -0.15) is 5.10 Å². The van der Waals surface area contributed by atoms with Crippen LogP contribution in [0.5, 0.6) is 0 Å². The number of rotatable bonds is 4. The van der Waals surface area contributed by atoms with E-state index < -0.39 is 17.5 Å². The molecule has 0 saturated heterocycles. The first kappa shape index (κ1) is 15.8. The molecule has 3 rings (SSSR count). The Morgan fingerprint density at radius 2 is 2.04 bits per heavy atom. The van der Waals surface area contributed by atoms with E-state index in [1.165, 1.54) is 6.92 Å². The third-order valence-corrected chi connectivity index (χ3v) is 3.51. The molecule has 0 aliphatic rings. The molecule has 1 heterocycles. The lowest BCUT2D eigenvalue weighted by molar-refractivity contribution is -0.121. The van der Waals surface area contributed by atoms with Crippen LogP contribution in [0.4, 0.5) is 8.78 Å². The minimum absolute atomic E-state index is 0.00313. The van der Waals surface area contributed by atoms with E-state index in [0.717, 1.165) is 29.2 Å². The first-order valence-electron chi connectivity index (χ1n) is 7.23. The topological polar surface area (TPSA) is 59.3 Å². The van der Waals surface area contributed by atoms with Gasteiger partial charge < -0.3 is 4.57 Å². The number of nitrogens with zero attached hydrogens (tertiary/aromatic N) is 3. The number of carbonyl (C=O) groups excluding carboxylic acids is 1. The van der Waals surface area contributed by atoms with E-state index >= 15 is 0 Å². The predicted molar refractivity (Wildman–Crippen MR) is 86.4 cm³/mol. The molecule has 1 aromatic heterocycles. The van der Waals surface area contributed by atoms with Crippen molar-refractivity contribution in [3.8, 4) is 0 Å². The van der Waals surface area contributed by atoms with Gasteiger partial charge in [-0.3, -0.25) is 4.79 Å². The van der Waals surface area contributed by atoms with Crippen molar-refractivity contribution in [2.45, 2.75) is 13.5 Å². The van der Waals surface area contributed by atoms with E-state index in [1.807, 2.05) is 24.3 Å². The Balaban J connectivity index is 1.72. The maximum absolute atomic E-state index is 13.7. The number of para-hydroxylation sites is 2. The van der Waals surface area contributed by atoms with Crippen LogP contribution in [0, 0.1) is 11.6 Å². The van der Waals surface area contributed by atoms with Gasteiger partial charge in [0, 0.05) is 5.56 Å². The second kappa shape index (κ2) is 6.57. The molecule has 1 amide bonds. The number of hydrogen-bond acceptors (Lipinski definition) is 3. The smallest absolute Gasteiger partial charge is 0.260 e. The number of aromatic nitrogens is 2. The van der Waals surface area contributed by atoms with E-state index in [1.54, 1.807) is 10.9 Å². The molecule has 0 aliphatic carbocycles. The number of amides is 1. The summed E-state index contributed by atoms with van der Waals surface area (Å²) in [5, 5.41) is 3.83. The molecule has 0 fully saturated rings. The van der Waals surface area contributed by atoms with Crippen LogP contribution >= 0.6 is 0 Å². The molecule has 24 heavy (non-hydrogen) atoms. The van der Waals surface area contributed by atoms with Crippen LogP contribution in [0.2, 0.25) is 0 Å². The third kappa shape index (κ3) is 3.29. The second-order valence-corrected chi connectivity index (χ2v) is 5.22. The molecular formula is C17H14F2N4O. The average molecular weight is 328 g/mol. The number of fused-ring (bicyclic) bond motifs is 1. The number of imidazole rings is 1. The van der Waals surface area contributed by atoms with Gasteiger partial charge in [-0.05, 0) is 37.3 Å². The van der Waals surface area contributed by atoms with Gasteiger partial charge in [0.25, 0.3) is 5.91 Å². The molecule has 0 aliphatic heterocycles. The van der Waals surface area contributed by atoms with Gasteiger partial charge in [-0.1, -0.05) is 12.1 Å². The lowest BCUT2D eigenvalue weighted by Crippen LogP contribution is -2.24. The Morgan fingerprint density at radius 1 is 1.25 bits per heavy atom. The Bertz CT molecular complexity index is 933. The van der Waals surface area contributed by atoms with E-state index in [0.29, 0.717) is 0 Å². The Morgan fingerprint density at radius 3 is 2.88 bits per heavy atom. The lowest BCUT2D eigenvalue weighted by Gasteiger charge is -2.05. The molecule has 0 spiro atoms. The third-order valence-electron chi connectivity index (χ3n) is 3.51. The van der Waals surface area contributed by atoms with Crippen molar-refractivity contribution < 1.29 is 13.6 Å². The zero-order valence-electron chi connectivity index (χ0n) is 12.8. The van der Waals surface area contributed by atoms with E-state index in [-0.39, 0.29) is 17.8 Å². The quantitative estimate of drug-likeness (QED) is 0.591. The number of hydrogen-bond donors (Lipinski definition) is 1. The largest absolute Gasteiger partial charge is 0.321 e. The normalized spacial score (nSPS) is 11.7. The molecule has 7 heteroatoms. The average Bonchev–Trinajstić information content (AvgIpc) is 2.98. The summed E-state index contributed by atoms with van der Waals surface area (Å²) in [5.74, 6) is -1.57. The summed E-state index contributed by atoms with van der Waals surface area (Å²) < 4.78 is 28.5. The summed E-state index contributed by atoms with van der Waals surface area (Å²) in [4.78, 5) is 16.2. The Hall–Kier alpha value is -3.09. The fourth-order valence-corrected chi connectivity index (χ4v) is 2.31. The summed E-state index contributed by atoms with van der Waals surface area (Å²) in [7, 11) is 0. The van der Waals surface area contributed by atoms with E-state index in [9.17, 15) is 13.6 Å². The highest BCUT2D eigenvalue weighted by Gasteiger charge is 2.09. The van der Waals surface area contributed by atoms with E-state index in [2.05, 4.69) is 15.5 Å². The zero-order chi connectivity index (χ0) is 17.1. The first-order chi connectivity index (χ1) is 11.5. The molecule has 0 saturated carbocycles. The van der Waals surface area contributed by atoms with Crippen molar-refractivity contribution in [3.05, 3.63) is 66.0 Å². The molecule has 122 valence electrons. The SMILES string of the molecule is C/C(=N/NC(=O)Cn1cnc2ccccc21)c1cc(F)ccc1F. The molecule has 5 nitrogen and oxygen atoms in total. The van der Waals surface area contributed by atoms with Gasteiger partial charge in [0.2, 0.25) is 0 Å². The molecule has 1 N–H and O–H groups in total. The number of benzene rings is 2. The van der Waals surface area contributed by atoms with Crippen LogP contribution in [-0.4, -0.2) is 21.2 Å². The molecule has 3 aromatic rings. The van der Waals surface area contributed by atoms with Gasteiger partial charge in [0.15, 0.2) is 0 Å². The first-order valence-corrected chi connectivity index (χ1v) is 7.23. The number of carbonyl (C=O) groups is 1. The molecule has 0 radical (unpaired) electrons. The molecule has 0 atom stereocenters. The van der Waals surface area contributed by atoms with Crippen LogP contribution in [-0.2, 0) is 11.3 Å². The molecule has 0 bridgehead atoms.